The molecule has 2 amide bonds. The number of nitrogens with one attached hydrogen (secondary N) is 5. The number of carboxylic acid groups (broad SMARTS) is 2. The fourth-order valence-electron chi connectivity index (χ4n) is 13.6. The highest BCUT2D eigenvalue weighted by atomic mass is 16.6. The SMILES string of the molecule is CCOC(=O)COc1nn(CC(=O)N2CCc3n[nH]nc3C2)cc1-c1cnc(NC2Cc3ccccc3C2)nc1.CCOC(=O)COc1nn(CC(=O)O)cc1-c1cnc(NC2Cc3ccccc3C2)nc1.O=C(O)COc1nn(CC(=O)N2CCc3n[nH]nc3C2)cc1-c1cnc(NC2Cc3ccccc3C2)nc1. The molecule has 0 unspecified atom stereocenters. The van der Waals surface area contributed by atoms with Crippen LogP contribution in [-0.4, -0.2) is 210 Å². The molecule has 0 radical (unpaired) electrons. The monoisotopic (exact) mass is 1500 g/mol. The number of rotatable bonds is 26. The van der Waals surface area contributed by atoms with Gasteiger partial charge in [-0.3, -0.25) is 28.4 Å². The van der Waals surface area contributed by atoms with Crippen LogP contribution >= 0.6 is 0 Å². The number of carbonyl (C=O) groups is 6. The van der Waals surface area contributed by atoms with Crippen molar-refractivity contribution in [2.75, 3.05) is 62.1 Å². The largest absolute Gasteiger partial charge is 0.480 e. The average molecular weight is 1500 g/mol. The molecule has 7 N–H and O–H groups in total. The van der Waals surface area contributed by atoms with E-state index in [0.717, 1.165) is 61.3 Å². The molecule has 0 spiro atoms. The Bertz CT molecular complexity index is 5020. The summed E-state index contributed by atoms with van der Waals surface area (Å²) < 4.78 is 30.6. The summed E-state index contributed by atoms with van der Waals surface area (Å²) in [6, 6.07) is 25.8. The summed E-state index contributed by atoms with van der Waals surface area (Å²) in [4.78, 5) is 102. The van der Waals surface area contributed by atoms with Gasteiger partial charge in [0.05, 0.1) is 54.4 Å². The van der Waals surface area contributed by atoms with E-state index in [1.165, 1.54) is 53.6 Å². The zero-order valence-electron chi connectivity index (χ0n) is 59.9. The molecule has 11 aromatic rings. The number of aromatic nitrogens is 18. The second-order valence-electron chi connectivity index (χ2n) is 26.4. The quantitative estimate of drug-likeness (QED) is 0.0364. The number of carbonyl (C=O) groups excluding carboxylic acids is 4. The van der Waals surface area contributed by atoms with Crippen LogP contribution in [0, 0.1) is 0 Å². The Balaban J connectivity index is 0.000000138. The van der Waals surface area contributed by atoms with Crippen molar-refractivity contribution in [3.63, 3.8) is 0 Å². The summed E-state index contributed by atoms with van der Waals surface area (Å²) in [5.74, 6) is -1.59. The predicted molar refractivity (Wildman–Crippen MR) is 390 cm³/mol. The van der Waals surface area contributed by atoms with E-state index in [9.17, 15) is 28.8 Å². The van der Waals surface area contributed by atoms with Crippen LogP contribution in [0.3, 0.4) is 0 Å². The number of esters is 2. The van der Waals surface area contributed by atoms with E-state index in [1.54, 1.807) is 73.2 Å². The number of amides is 2. The molecule has 0 saturated heterocycles. The van der Waals surface area contributed by atoms with Gasteiger partial charge < -0.3 is 59.6 Å². The molecular weight excluding hydrogens is 1420 g/mol. The molecule has 10 heterocycles. The number of hydrogen-bond donors (Lipinski definition) is 7. The number of benzene rings is 3. The lowest BCUT2D eigenvalue weighted by molar-refractivity contribution is -0.146. The molecule has 36 nitrogen and oxygen atoms in total. The van der Waals surface area contributed by atoms with Crippen molar-refractivity contribution in [3.05, 3.63) is 185 Å². The molecule has 0 atom stereocenters. The number of H-pyrrole nitrogens is 2. The van der Waals surface area contributed by atoms with Gasteiger partial charge in [0, 0.05) is 117 Å². The van der Waals surface area contributed by atoms with Gasteiger partial charge in [-0.15, -0.1) is 15.3 Å². The minimum atomic E-state index is -1.13. The van der Waals surface area contributed by atoms with E-state index in [2.05, 4.69) is 141 Å². The zero-order valence-corrected chi connectivity index (χ0v) is 59.9. The fraction of sp³-hybridized carbons (Fsp3) is 0.338. The smallest absolute Gasteiger partial charge is 0.344 e. The van der Waals surface area contributed by atoms with E-state index in [0.29, 0.717) is 90.2 Å². The summed E-state index contributed by atoms with van der Waals surface area (Å²) in [6.45, 7) is 4.12. The molecule has 16 rings (SSSR count). The molecule has 8 aromatic heterocycles. The van der Waals surface area contributed by atoms with Gasteiger partial charge in [-0.1, -0.05) is 72.8 Å². The van der Waals surface area contributed by atoms with Crippen molar-refractivity contribution < 1.29 is 62.7 Å². The molecular formula is C74H77N23O13. The van der Waals surface area contributed by atoms with E-state index in [4.69, 9.17) is 33.9 Å². The molecule has 5 aliphatic rings. The van der Waals surface area contributed by atoms with Crippen molar-refractivity contribution >= 4 is 53.5 Å². The Kier molecular flexibility index (Phi) is 22.6. The Morgan fingerprint density at radius 3 is 1.05 bits per heavy atom. The third kappa shape index (κ3) is 18.3. The van der Waals surface area contributed by atoms with Crippen LogP contribution in [0.15, 0.2) is 129 Å². The van der Waals surface area contributed by atoms with Gasteiger partial charge in [0.25, 0.3) is 0 Å². The normalized spacial score (nSPS) is 14.1. The number of hydrogen-bond acceptors (Lipinski definition) is 27. The van der Waals surface area contributed by atoms with Crippen LogP contribution in [-0.2, 0) is 122 Å². The first kappa shape index (κ1) is 73.3. The maximum atomic E-state index is 13.1. The highest BCUT2D eigenvalue weighted by molar-refractivity contribution is 5.79. The van der Waals surface area contributed by atoms with Crippen LogP contribution in [0.2, 0.25) is 0 Å². The van der Waals surface area contributed by atoms with Crippen LogP contribution in [0.1, 0.15) is 70.0 Å². The summed E-state index contributed by atoms with van der Waals surface area (Å²) in [7, 11) is 0. The van der Waals surface area contributed by atoms with Crippen molar-refractivity contribution in [3.8, 4) is 51.0 Å². The molecule has 566 valence electrons. The topological polar surface area (TPSA) is 446 Å². The lowest BCUT2D eigenvalue weighted by atomic mass is 10.1. The van der Waals surface area contributed by atoms with Gasteiger partial charge in [-0.05, 0) is 85.8 Å². The number of fused-ring (bicyclic) bond motifs is 5. The molecule has 0 saturated carbocycles. The second kappa shape index (κ2) is 33.9. The molecule has 2 aliphatic heterocycles. The summed E-state index contributed by atoms with van der Waals surface area (Å²) in [5.41, 5.74) is 14.6. The first-order chi connectivity index (χ1) is 53.6. The molecule has 3 aromatic carbocycles. The summed E-state index contributed by atoms with van der Waals surface area (Å²) in [5, 5.41) is 62.8. The molecule has 0 fully saturated rings. The Morgan fingerprint density at radius 2 is 0.736 bits per heavy atom. The number of ether oxygens (including phenoxy) is 5. The van der Waals surface area contributed by atoms with Gasteiger partial charge in [0.15, 0.2) is 19.8 Å². The van der Waals surface area contributed by atoms with Crippen LogP contribution in [0.4, 0.5) is 17.8 Å². The molecule has 3 aliphatic carbocycles. The third-order valence-electron chi connectivity index (χ3n) is 18.7. The van der Waals surface area contributed by atoms with Gasteiger partial charge in [-0.25, -0.2) is 44.3 Å². The highest BCUT2D eigenvalue weighted by Gasteiger charge is 2.30. The van der Waals surface area contributed by atoms with Crippen LogP contribution in [0.25, 0.3) is 33.4 Å². The van der Waals surface area contributed by atoms with E-state index >= 15 is 0 Å². The van der Waals surface area contributed by atoms with E-state index < -0.39 is 30.5 Å². The maximum absolute atomic E-state index is 13.1. The lowest BCUT2D eigenvalue weighted by Gasteiger charge is -2.25. The van der Waals surface area contributed by atoms with Gasteiger partial charge in [0.1, 0.15) is 31.0 Å². The number of carboxylic acids is 2. The summed E-state index contributed by atoms with van der Waals surface area (Å²) in [6.07, 6.45) is 21.4. The standard InChI is InChI=1S/C27H29N9O4.C25H25N9O4.C22H23N5O5/c1-2-39-25(38)16-40-26-21(13-36(33-26)15-24(37)35-8-7-22-23(14-35)32-34-31-22)19-11-28-27(29-12-19)30-20-9-17-5-3-4-6-18(17)10-20;35-22(33-6-5-20-21(12-33)30-32-29-20)13-34-11-19(24(31-34)38-14-23(36)37)17-9-26-25(27-10-17)28-18-7-15-3-1-2-4-16(15)8-18;1-2-31-20(30)13-32-21-18(11-27(26-21)12-19(28)29)16-9-23-22(24-10-16)25-17-7-14-5-3-4-6-15(14)8-17/h3-6,11-13,20H,2,7-10,14-16H2,1H3,(H,28,29,30)(H,31,32,34);1-4,9-11,18H,5-8,12-14H2,(H,36,37)(H,26,27,28)(H,29,30,32);3-6,9-11,17H,2,7-8,12-13H2,1H3,(H,28,29)(H,23,24,25). The Hall–Kier alpha value is -13.6. The minimum Gasteiger partial charge on any atom is -0.480 e. The third-order valence-corrected chi connectivity index (χ3v) is 18.7. The molecule has 110 heavy (non-hydrogen) atoms. The van der Waals surface area contributed by atoms with Crippen molar-refractivity contribution in [2.24, 2.45) is 0 Å². The van der Waals surface area contributed by atoms with Crippen molar-refractivity contribution in [2.45, 2.75) is 116 Å². The Labute approximate surface area is 627 Å². The first-order valence-electron chi connectivity index (χ1n) is 35.7. The second-order valence-corrected chi connectivity index (χ2v) is 26.4. The van der Waals surface area contributed by atoms with Crippen LogP contribution in [0.5, 0.6) is 17.6 Å². The van der Waals surface area contributed by atoms with Gasteiger partial charge in [0.2, 0.25) is 47.3 Å². The van der Waals surface area contributed by atoms with Crippen molar-refractivity contribution in [1.29, 1.82) is 0 Å². The maximum Gasteiger partial charge on any atom is 0.344 e. The fourth-order valence-corrected chi connectivity index (χ4v) is 13.6. The number of aliphatic carboxylic acids is 2. The van der Waals surface area contributed by atoms with Gasteiger partial charge >= 0.3 is 23.9 Å². The Morgan fingerprint density at radius 1 is 0.427 bits per heavy atom. The van der Waals surface area contributed by atoms with E-state index in [-0.39, 0.29) is 93.6 Å². The zero-order chi connectivity index (χ0) is 76.0. The number of anilines is 3. The van der Waals surface area contributed by atoms with Gasteiger partial charge in [-0.2, -0.15) is 30.8 Å². The highest BCUT2D eigenvalue weighted by Crippen LogP contribution is 2.34. The van der Waals surface area contributed by atoms with E-state index in [1.807, 2.05) is 24.3 Å². The number of aromatic amines is 2. The predicted octanol–water partition coefficient (Wildman–Crippen LogP) is 4.60. The van der Waals surface area contributed by atoms with Crippen LogP contribution < -0.4 is 30.2 Å². The average Bonchev–Trinajstić information content (AvgIpc) is 1.52. The summed E-state index contributed by atoms with van der Waals surface area (Å²) >= 11 is 0. The lowest BCUT2D eigenvalue weighted by Crippen LogP contribution is -2.38. The minimum absolute atomic E-state index is 0.00825. The molecule has 0 bridgehead atoms. The first-order valence-corrected chi connectivity index (χ1v) is 35.7. The number of nitrogens with zero attached hydrogens (tertiary/aromatic N) is 18. The van der Waals surface area contributed by atoms with Crippen molar-refractivity contribution in [1.82, 2.24) is 99.9 Å². The molecule has 36 heteroatoms.